The number of fused-ring (bicyclic) bond motifs is 2. The molecule has 5 atom stereocenters. The molecule has 0 radical (unpaired) electrons. The third-order valence-electron chi connectivity index (χ3n) is 4.38. The monoisotopic (exact) mass is 388 g/mol. The van der Waals surface area contributed by atoms with Gasteiger partial charge in [-0.15, -0.1) is 0 Å². The summed E-state index contributed by atoms with van der Waals surface area (Å²) in [4.78, 5) is 26.9. The Balaban J connectivity index is 1.65. The van der Waals surface area contributed by atoms with Gasteiger partial charge in [0.25, 0.3) is 0 Å². The molecule has 0 amide bonds. The van der Waals surface area contributed by atoms with Crippen LogP contribution in [-0.4, -0.2) is 57.0 Å². The first kappa shape index (κ1) is 18.3. The van der Waals surface area contributed by atoms with Crippen LogP contribution in [-0.2, 0) is 9.53 Å². The quantitative estimate of drug-likeness (QED) is 0.438. The zero-order chi connectivity index (χ0) is 20.0. The lowest BCUT2D eigenvalue weighted by molar-refractivity contribution is -0.342. The predicted molar refractivity (Wildman–Crippen MR) is 89.2 cm³/mol. The SMILES string of the molecule is O=C([O-])[C@H]1O[C@@H](Oc2ccc3nc4ccc(=O)cc-4oc3c2)[C@H](O)[C@@H](O)[C@@H]1O. The van der Waals surface area contributed by atoms with Gasteiger partial charge in [-0.25, -0.2) is 4.98 Å². The normalized spacial score (nSPS) is 27.8. The van der Waals surface area contributed by atoms with Crippen molar-refractivity contribution >= 4 is 17.1 Å². The van der Waals surface area contributed by atoms with Crippen molar-refractivity contribution in [3.8, 4) is 17.2 Å². The molecule has 0 unspecified atom stereocenters. The van der Waals surface area contributed by atoms with Crippen molar-refractivity contribution in [3.05, 3.63) is 46.6 Å². The second kappa shape index (κ2) is 6.84. The van der Waals surface area contributed by atoms with Crippen LogP contribution in [0.4, 0.5) is 0 Å². The van der Waals surface area contributed by atoms with E-state index < -0.39 is 36.7 Å². The van der Waals surface area contributed by atoms with Crippen molar-refractivity contribution in [3.63, 3.8) is 0 Å². The van der Waals surface area contributed by atoms with Gasteiger partial charge in [0.1, 0.15) is 41.4 Å². The number of aliphatic carboxylic acids is 1. The van der Waals surface area contributed by atoms with Crippen LogP contribution in [0, 0.1) is 0 Å². The fraction of sp³-hybridized carbons (Fsp3) is 0.278. The van der Waals surface area contributed by atoms with E-state index in [-0.39, 0.29) is 22.5 Å². The zero-order valence-corrected chi connectivity index (χ0v) is 14.1. The minimum absolute atomic E-state index is 0.111. The predicted octanol–water partition coefficient (Wildman–Crippen LogP) is -1.77. The Morgan fingerprint density at radius 1 is 1.07 bits per heavy atom. The molecule has 3 aliphatic rings. The summed E-state index contributed by atoms with van der Waals surface area (Å²) in [5, 5.41) is 40.5. The van der Waals surface area contributed by atoms with Gasteiger partial charge in [-0.2, -0.15) is 0 Å². The Labute approximate surface area is 156 Å². The number of aliphatic hydroxyl groups excluding tert-OH is 3. The van der Waals surface area contributed by atoms with Crippen molar-refractivity contribution in [1.82, 2.24) is 4.98 Å². The standard InChI is InChI=1S/C18H15NO9/c20-7-1-3-9-11(5-7)27-12-6-8(2-4-10(12)19-9)26-18-15(23)13(21)14(22)16(28-18)17(24)25/h1-6,13-16,18,21-23H,(H,24,25)/p-1/t13-,14-,15+,16-,18+/m0/s1. The fourth-order valence-corrected chi connectivity index (χ4v) is 2.93. The summed E-state index contributed by atoms with van der Waals surface area (Å²) in [5.74, 6) is -1.38. The molecule has 28 heavy (non-hydrogen) atoms. The van der Waals surface area contributed by atoms with Gasteiger partial charge in [0.2, 0.25) is 6.29 Å². The van der Waals surface area contributed by atoms with Crippen LogP contribution in [0.5, 0.6) is 5.75 Å². The summed E-state index contributed by atoms with van der Waals surface area (Å²) < 4.78 is 16.1. The fourth-order valence-electron chi connectivity index (χ4n) is 2.93. The highest BCUT2D eigenvalue weighted by atomic mass is 16.7. The van der Waals surface area contributed by atoms with Gasteiger partial charge in [0, 0.05) is 12.1 Å². The third-order valence-corrected chi connectivity index (χ3v) is 4.38. The van der Waals surface area contributed by atoms with E-state index in [0.717, 1.165) is 0 Å². The van der Waals surface area contributed by atoms with Gasteiger partial charge in [-0.05, 0) is 24.3 Å². The molecule has 1 aromatic carbocycles. The second-order valence-corrected chi connectivity index (χ2v) is 6.31. The number of aromatic nitrogens is 1. The molecule has 2 heterocycles. The molecule has 146 valence electrons. The molecule has 1 fully saturated rings. The van der Waals surface area contributed by atoms with E-state index in [1.165, 1.54) is 30.3 Å². The average Bonchev–Trinajstić information content (AvgIpc) is 2.66. The van der Waals surface area contributed by atoms with E-state index in [0.29, 0.717) is 11.2 Å². The van der Waals surface area contributed by atoms with E-state index in [1.807, 2.05) is 0 Å². The summed E-state index contributed by atoms with van der Waals surface area (Å²) in [6.07, 6.45) is -8.86. The molecule has 10 nitrogen and oxygen atoms in total. The summed E-state index contributed by atoms with van der Waals surface area (Å²) in [6, 6.07) is 8.61. The van der Waals surface area contributed by atoms with E-state index in [1.54, 1.807) is 6.07 Å². The summed E-state index contributed by atoms with van der Waals surface area (Å²) in [7, 11) is 0. The van der Waals surface area contributed by atoms with E-state index >= 15 is 0 Å². The highest BCUT2D eigenvalue weighted by Crippen LogP contribution is 2.29. The number of hydrogen-bond donors (Lipinski definition) is 3. The van der Waals surface area contributed by atoms with Crippen LogP contribution >= 0.6 is 0 Å². The largest absolute Gasteiger partial charge is 0.547 e. The number of carboxylic acid groups (broad SMARTS) is 1. The van der Waals surface area contributed by atoms with Crippen LogP contribution in [0.25, 0.3) is 22.6 Å². The maximum Gasteiger partial charge on any atom is 0.229 e. The average molecular weight is 388 g/mol. The van der Waals surface area contributed by atoms with Crippen molar-refractivity contribution < 1.29 is 39.1 Å². The van der Waals surface area contributed by atoms with Crippen LogP contribution in [0.15, 0.2) is 45.6 Å². The van der Waals surface area contributed by atoms with Gasteiger partial charge < -0.3 is 39.1 Å². The molecular formula is C18H14NO9-. The molecule has 0 bridgehead atoms. The van der Waals surface area contributed by atoms with E-state index in [4.69, 9.17) is 13.9 Å². The number of hydrogen-bond acceptors (Lipinski definition) is 10. The van der Waals surface area contributed by atoms with Gasteiger partial charge in [-0.3, -0.25) is 4.79 Å². The molecule has 3 N–H and O–H groups in total. The molecule has 0 aromatic heterocycles. The van der Waals surface area contributed by atoms with E-state index in [9.17, 15) is 30.0 Å². The summed E-state index contributed by atoms with van der Waals surface area (Å²) >= 11 is 0. The molecule has 1 saturated heterocycles. The molecule has 2 aliphatic heterocycles. The first-order valence-corrected chi connectivity index (χ1v) is 8.25. The molecule has 0 spiro atoms. The van der Waals surface area contributed by atoms with Gasteiger partial charge in [0.05, 0.1) is 5.97 Å². The van der Waals surface area contributed by atoms with Crippen LogP contribution in [0.3, 0.4) is 0 Å². The second-order valence-electron chi connectivity index (χ2n) is 6.31. The number of carbonyl (C=O) groups excluding carboxylic acids is 1. The van der Waals surface area contributed by atoms with E-state index in [2.05, 4.69) is 4.98 Å². The lowest BCUT2D eigenvalue weighted by atomic mass is 9.99. The summed E-state index contributed by atoms with van der Waals surface area (Å²) in [6.45, 7) is 0. The van der Waals surface area contributed by atoms with Gasteiger partial charge in [-0.1, -0.05) is 0 Å². The molecule has 10 heteroatoms. The summed E-state index contributed by atoms with van der Waals surface area (Å²) in [5.41, 5.74) is 0.967. The highest BCUT2D eigenvalue weighted by Gasteiger charge is 2.45. The number of aliphatic hydroxyl groups is 3. The Kier molecular flexibility index (Phi) is 4.47. The number of rotatable bonds is 3. The lowest BCUT2D eigenvalue weighted by Crippen LogP contribution is -2.63. The Morgan fingerprint density at radius 3 is 2.61 bits per heavy atom. The van der Waals surface area contributed by atoms with Crippen molar-refractivity contribution in [2.24, 2.45) is 0 Å². The number of carboxylic acids is 1. The minimum atomic E-state index is -1.88. The first-order valence-electron chi connectivity index (χ1n) is 8.25. The van der Waals surface area contributed by atoms with Gasteiger partial charge in [0.15, 0.2) is 16.8 Å². The number of ether oxygens (including phenoxy) is 2. The van der Waals surface area contributed by atoms with Crippen LogP contribution in [0.2, 0.25) is 0 Å². The molecule has 1 aromatic rings. The maximum atomic E-state index is 11.5. The maximum absolute atomic E-state index is 11.5. The highest BCUT2D eigenvalue weighted by molar-refractivity contribution is 5.77. The molecule has 0 saturated carbocycles. The zero-order valence-electron chi connectivity index (χ0n) is 14.1. The first-order chi connectivity index (χ1) is 13.3. The van der Waals surface area contributed by atoms with Crippen molar-refractivity contribution in [2.75, 3.05) is 0 Å². The Morgan fingerprint density at radius 2 is 1.86 bits per heavy atom. The van der Waals surface area contributed by atoms with Gasteiger partial charge >= 0.3 is 0 Å². The molecule has 4 rings (SSSR count). The lowest BCUT2D eigenvalue weighted by Gasteiger charge is -2.40. The number of nitrogens with zero attached hydrogens (tertiary/aromatic N) is 1. The number of carbonyl (C=O) groups is 1. The smallest absolute Gasteiger partial charge is 0.229 e. The minimum Gasteiger partial charge on any atom is -0.547 e. The Bertz CT molecular complexity index is 1060. The third kappa shape index (κ3) is 3.18. The number of benzene rings is 2. The van der Waals surface area contributed by atoms with Crippen LogP contribution < -0.4 is 15.3 Å². The molecule has 1 aliphatic carbocycles. The van der Waals surface area contributed by atoms with Crippen molar-refractivity contribution in [2.45, 2.75) is 30.7 Å². The molecular weight excluding hydrogens is 374 g/mol. The Hall–Kier alpha value is -3.05. The topological polar surface area (TPSA) is 162 Å². The van der Waals surface area contributed by atoms with Crippen LogP contribution in [0.1, 0.15) is 0 Å². The van der Waals surface area contributed by atoms with Crippen molar-refractivity contribution in [1.29, 1.82) is 0 Å².